The van der Waals surface area contributed by atoms with Crippen LogP contribution in [0, 0.1) is 0 Å². The van der Waals surface area contributed by atoms with E-state index in [4.69, 9.17) is 16.3 Å². The number of benzene rings is 2. The Labute approximate surface area is 185 Å². The average Bonchev–Trinajstić information content (AvgIpc) is 3.41. The fraction of sp³-hybridized carbons (Fsp3) is 0.348. The van der Waals surface area contributed by atoms with Gasteiger partial charge >= 0.3 is 0 Å². The Morgan fingerprint density at radius 3 is 2.71 bits per heavy atom. The lowest BCUT2D eigenvalue weighted by atomic mass is 10.2. The van der Waals surface area contributed by atoms with Crippen molar-refractivity contribution in [3.8, 4) is 0 Å². The number of fused-ring (bicyclic) bond motifs is 1. The standard InChI is InChI=1S/C23H25ClN4O3/c24-17-9-7-16(8-10-17)23(30)25-12-11-21-27-19-5-1-2-6-20(19)28(21)15-22(29)26-14-18-4-3-13-31-18/h1-2,5-10,18H,3-4,11-15H2,(H,25,30)(H,26,29). The van der Waals surface area contributed by atoms with Gasteiger partial charge in [0.2, 0.25) is 5.91 Å². The van der Waals surface area contributed by atoms with Crippen LogP contribution in [-0.2, 0) is 22.5 Å². The van der Waals surface area contributed by atoms with E-state index in [2.05, 4.69) is 15.6 Å². The normalized spacial score (nSPS) is 15.8. The van der Waals surface area contributed by atoms with Crippen LogP contribution in [0.2, 0.25) is 5.02 Å². The van der Waals surface area contributed by atoms with Gasteiger partial charge in [-0.2, -0.15) is 0 Å². The molecule has 0 bridgehead atoms. The fourth-order valence-electron chi connectivity index (χ4n) is 3.72. The molecule has 1 saturated heterocycles. The summed E-state index contributed by atoms with van der Waals surface area (Å²) in [4.78, 5) is 29.6. The van der Waals surface area contributed by atoms with Crippen LogP contribution < -0.4 is 10.6 Å². The lowest BCUT2D eigenvalue weighted by Crippen LogP contribution is -2.34. The van der Waals surface area contributed by atoms with E-state index in [-0.39, 0.29) is 24.5 Å². The molecule has 0 radical (unpaired) electrons. The first-order valence-corrected chi connectivity index (χ1v) is 10.8. The SMILES string of the molecule is O=C(Cn1c(CCNC(=O)c2ccc(Cl)cc2)nc2ccccc21)NCC1CCCO1. The number of aromatic nitrogens is 2. The van der Waals surface area contributed by atoms with Crippen molar-refractivity contribution in [3.05, 3.63) is 64.9 Å². The molecule has 1 atom stereocenters. The third-order valence-corrected chi connectivity index (χ3v) is 5.58. The van der Waals surface area contributed by atoms with E-state index >= 15 is 0 Å². The molecular weight excluding hydrogens is 416 g/mol. The maximum Gasteiger partial charge on any atom is 0.251 e. The van der Waals surface area contributed by atoms with Gasteiger partial charge in [-0.25, -0.2) is 4.98 Å². The molecule has 2 amide bonds. The molecular formula is C23H25ClN4O3. The average molecular weight is 441 g/mol. The van der Waals surface area contributed by atoms with E-state index in [1.54, 1.807) is 24.3 Å². The Bertz CT molecular complexity index is 1060. The lowest BCUT2D eigenvalue weighted by Gasteiger charge is -2.13. The molecule has 3 aromatic rings. The summed E-state index contributed by atoms with van der Waals surface area (Å²) in [6.07, 6.45) is 2.63. The second kappa shape index (κ2) is 9.94. The van der Waals surface area contributed by atoms with Crippen LogP contribution in [0.4, 0.5) is 0 Å². The van der Waals surface area contributed by atoms with Crippen LogP contribution in [-0.4, -0.2) is 47.2 Å². The molecule has 1 fully saturated rings. The monoisotopic (exact) mass is 440 g/mol. The highest BCUT2D eigenvalue weighted by atomic mass is 35.5. The van der Waals surface area contributed by atoms with Gasteiger partial charge in [0, 0.05) is 36.7 Å². The molecule has 4 rings (SSSR count). The number of imidazole rings is 1. The lowest BCUT2D eigenvalue weighted by molar-refractivity contribution is -0.122. The van der Waals surface area contributed by atoms with Gasteiger partial charge in [-0.05, 0) is 49.2 Å². The first kappa shape index (κ1) is 21.3. The first-order valence-electron chi connectivity index (χ1n) is 10.5. The van der Waals surface area contributed by atoms with Gasteiger partial charge in [-0.1, -0.05) is 23.7 Å². The highest BCUT2D eigenvalue weighted by molar-refractivity contribution is 6.30. The molecule has 1 aliphatic heterocycles. The van der Waals surface area contributed by atoms with Gasteiger partial charge in [0.1, 0.15) is 12.4 Å². The Hall–Kier alpha value is -2.90. The van der Waals surface area contributed by atoms with E-state index in [0.29, 0.717) is 30.1 Å². The third kappa shape index (κ3) is 5.42. The second-order valence-electron chi connectivity index (χ2n) is 7.55. The molecule has 2 aromatic carbocycles. The molecule has 1 aliphatic rings. The van der Waals surface area contributed by atoms with Crippen molar-refractivity contribution in [2.45, 2.75) is 31.9 Å². The molecule has 0 spiro atoms. The van der Waals surface area contributed by atoms with E-state index < -0.39 is 0 Å². The quantitative estimate of drug-likeness (QED) is 0.564. The minimum atomic E-state index is -0.173. The smallest absolute Gasteiger partial charge is 0.251 e. The summed E-state index contributed by atoms with van der Waals surface area (Å²) < 4.78 is 7.48. The van der Waals surface area contributed by atoms with Crippen LogP contribution >= 0.6 is 11.6 Å². The summed E-state index contributed by atoms with van der Waals surface area (Å²) in [6.45, 7) is 1.87. The van der Waals surface area contributed by atoms with E-state index in [9.17, 15) is 9.59 Å². The molecule has 0 saturated carbocycles. The highest BCUT2D eigenvalue weighted by Gasteiger charge is 2.18. The van der Waals surface area contributed by atoms with E-state index in [1.807, 2.05) is 28.8 Å². The summed E-state index contributed by atoms with van der Waals surface area (Å²) in [5.41, 5.74) is 2.27. The Kier molecular flexibility index (Phi) is 6.84. The van der Waals surface area contributed by atoms with E-state index in [0.717, 1.165) is 36.3 Å². The van der Waals surface area contributed by atoms with Crippen molar-refractivity contribution in [1.82, 2.24) is 20.2 Å². The maximum atomic E-state index is 12.6. The van der Waals surface area contributed by atoms with Crippen molar-refractivity contribution in [1.29, 1.82) is 0 Å². The maximum absolute atomic E-state index is 12.6. The Morgan fingerprint density at radius 1 is 1.13 bits per heavy atom. The summed E-state index contributed by atoms with van der Waals surface area (Å²) in [7, 11) is 0. The number of carbonyl (C=O) groups excluding carboxylic acids is 2. The molecule has 2 N–H and O–H groups in total. The van der Waals surface area contributed by atoms with Crippen LogP contribution in [0.5, 0.6) is 0 Å². The Morgan fingerprint density at radius 2 is 1.94 bits per heavy atom. The highest BCUT2D eigenvalue weighted by Crippen LogP contribution is 2.17. The van der Waals surface area contributed by atoms with Gasteiger partial charge < -0.3 is 19.9 Å². The number of ether oxygens (including phenoxy) is 1. The van der Waals surface area contributed by atoms with Gasteiger partial charge in [0.05, 0.1) is 17.1 Å². The molecule has 162 valence electrons. The van der Waals surface area contributed by atoms with Crippen molar-refractivity contribution >= 4 is 34.4 Å². The van der Waals surface area contributed by atoms with Gasteiger partial charge in [-0.15, -0.1) is 0 Å². The van der Waals surface area contributed by atoms with Crippen LogP contribution in [0.25, 0.3) is 11.0 Å². The minimum absolute atomic E-state index is 0.0786. The first-order chi connectivity index (χ1) is 15.1. The molecule has 7 nitrogen and oxygen atoms in total. The molecule has 0 aliphatic carbocycles. The number of amides is 2. The zero-order chi connectivity index (χ0) is 21.6. The molecule has 31 heavy (non-hydrogen) atoms. The Balaban J connectivity index is 1.40. The van der Waals surface area contributed by atoms with Crippen molar-refractivity contribution < 1.29 is 14.3 Å². The van der Waals surface area contributed by atoms with Crippen molar-refractivity contribution in [3.63, 3.8) is 0 Å². The van der Waals surface area contributed by atoms with Gasteiger partial charge in [0.15, 0.2) is 0 Å². The fourth-order valence-corrected chi connectivity index (χ4v) is 3.84. The molecule has 1 unspecified atom stereocenters. The predicted molar refractivity (Wildman–Crippen MR) is 119 cm³/mol. The summed E-state index contributed by atoms with van der Waals surface area (Å²) in [5.74, 6) is 0.503. The van der Waals surface area contributed by atoms with Crippen LogP contribution in [0.3, 0.4) is 0 Å². The predicted octanol–water partition coefficient (Wildman–Crippen LogP) is 2.96. The largest absolute Gasteiger partial charge is 0.376 e. The van der Waals surface area contributed by atoms with Gasteiger partial charge in [-0.3, -0.25) is 9.59 Å². The molecule has 8 heteroatoms. The molecule has 1 aromatic heterocycles. The number of rotatable bonds is 8. The number of carbonyl (C=O) groups is 2. The van der Waals surface area contributed by atoms with Crippen molar-refractivity contribution in [2.75, 3.05) is 19.7 Å². The number of nitrogens with zero attached hydrogens (tertiary/aromatic N) is 2. The number of nitrogens with one attached hydrogen (secondary N) is 2. The minimum Gasteiger partial charge on any atom is -0.376 e. The summed E-state index contributed by atoms with van der Waals surface area (Å²) in [6, 6.07) is 14.5. The number of halogens is 1. The van der Waals surface area contributed by atoms with Crippen LogP contribution in [0.15, 0.2) is 48.5 Å². The summed E-state index contributed by atoms with van der Waals surface area (Å²) in [5, 5.41) is 6.45. The number of para-hydroxylation sites is 2. The number of hydrogen-bond acceptors (Lipinski definition) is 4. The van der Waals surface area contributed by atoms with E-state index in [1.165, 1.54) is 0 Å². The second-order valence-corrected chi connectivity index (χ2v) is 7.99. The van der Waals surface area contributed by atoms with Crippen molar-refractivity contribution in [2.24, 2.45) is 0 Å². The summed E-state index contributed by atoms with van der Waals surface area (Å²) >= 11 is 5.88. The zero-order valence-corrected chi connectivity index (χ0v) is 17.9. The molecule has 2 heterocycles. The zero-order valence-electron chi connectivity index (χ0n) is 17.1. The third-order valence-electron chi connectivity index (χ3n) is 5.33. The van der Waals surface area contributed by atoms with Crippen LogP contribution in [0.1, 0.15) is 29.0 Å². The van der Waals surface area contributed by atoms with Gasteiger partial charge in [0.25, 0.3) is 5.91 Å². The topological polar surface area (TPSA) is 85.2 Å². The number of hydrogen-bond donors (Lipinski definition) is 2.